The lowest BCUT2D eigenvalue weighted by Crippen LogP contribution is -2.45. The Labute approximate surface area is 65.6 Å². The van der Waals surface area contributed by atoms with Gasteiger partial charge in [-0.2, -0.15) is 5.26 Å². The number of carbonyl (C=O) groups is 1. The molecular formula is C7H11N3O. The summed E-state index contributed by atoms with van der Waals surface area (Å²) in [4.78, 5) is 12.0. The number of nitrogens with two attached hydrogens (primary N) is 1. The minimum Gasteiger partial charge on any atom is -0.310 e. The molecular weight excluding hydrogens is 142 g/mol. The second kappa shape index (κ2) is 3.46. The molecule has 4 heteroatoms. The highest BCUT2D eigenvalue weighted by Crippen LogP contribution is 2.16. The van der Waals surface area contributed by atoms with Crippen molar-refractivity contribution in [3.05, 3.63) is 0 Å². The highest BCUT2D eigenvalue weighted by Gasteiger charge is 2.27. The van der Waals surface area contributed by atoms with Crippen molar-refractivity contribution in [2.75, 3.05) is 6.54 Å². The molecule has 1 rings (SSSR count). The molecule has 0 saturated carbocycles. The molecule has 2 atom stereocenters. The summed E-state index contributed by atoms with van der Waals surface area (Å²) in [5.74, 6) is 0. The van der Waals surface area contributed by atoms with E-state index in [9.17, 15) is 4.79 Å². The van der Waals surface area contributed by atoms with Crippen molar-refractivity contribution in [2.24, 2.45) is 5.73 Å². The van der Waals surface area contributed by atoms with E-state index in [1.165, 1.54) is 0 Å². The number of rotatable bonds is 2. The van der Waals surface area contributed by atoms with Crippen molar-refractivity contribution in [1.29, 1.82) is 5.26 Å². The lowest BCUT2D eigenvalue weighted by molar-refractivity contribution is -0.112. The molecule has 0 spiro atoms. The van der Waals surface area contributed by atoms with E-state index >= 15 is 0 Å². The van der Waals surface area contributed by atoms with Gasteiger partial charge in [-0.25, -0.2) is 0 Å². The molecule has 1 aliphatic heterocycles. The Balaban J connectivity index is 2.57. The Morgan fingerprint density at radius 2 is 2.55 bits per heavy atom. The molecule has 0 aromatic rings. The molecule has 1 aliphatic rings. The van der Waals surface area contributed by atoms with Crippen LogP contribution in [0.5, 0.6) is 0 Å². The zero-order valence-electron chi connectivity index (χ0n) is 6.23. The summed E-state index contributed by atoms with van der Waals surface area (Å²) in [6.45, 7) is 0.762. The summed E-state index contributed by atoms with van der Waals surface area (Å²) in [7, 11) is 0. The van der Waals surface area contributed by atoms with E-state index in [2.05, 4.69) is 6.07 Å². The van der Waals surface area contributed by atoms with Crippen molar-refractivity contribution in [3.63, 3.8) is 0 Å². The minimum absolute atomic E-state index is 0.157. The number of carbonyl (C=O) groups excluding carboxylic acids is 1. The third-order valence-corrected chi connectivity index (χ3v) is 1.97. The first-order valence-electron chi connectivity index (χ1n) is 3.66. The number of hydrogen-bond acceptors (Lipinski definition) is 4. The molecule has 1 fully saturated rings. The summed E-state index contributed by atoms with van der Waals surface area (Å²) in [5.41, 5.74) is 5.45. The molecule has 0 radical (unpaired) electrons. The Hall–Kier alpha value is -0.920. The molecule has 0 amide bonds. The third kappa shape index (κ3) is 1.56. The van der Waals surface area contributed by atoms with Gasteiger partial charge in [-0.1, -0.05) is 0 Å². The van der Waals surface area contributed by atoms with Gasteiger partial charge in [0.2, 0.25) is 0 Å². The van der Waals surface area contributed by atoms with Gasteiger partial charge in [0.1, 0.15) is 6.17 Å². The van der Waals surface area contributed by atoms with Gasteiger partial charge in [-0.05, 0) is 12.8 Å². The van der Waals surface area contributed by atoms with Gasteiger partial charge in [-0.3, -0.25) is 4.90 Å². The molecule has 0 bridgehead atoms. The number of hydrogen-bond donors (Lipinski definition) is 1. The second-order valence-corrected chi connectivity index (χ2v) is 2.65. The maximum atomic E-state index is 10.3. The SMILES string of the molecule is N#C[C@@H]1CCCN1C(N)C=O. The molecule has 1 heterocycles. The highest BCUT2D eigenvalue weighted by molar-refractivity contribution is 5.56. The first-order chi connectivity index (χ1) is 5.29. The Bertz CT molecular complexity index is 187. The first-order valence-corrected chi connectivity index (χ1v) is 3.66. The van der Waals surface area contributed by atoms with Crippen LogP contribution in [0.4, 0.5) is 0 Å². The van der Waals surface area contributed by atoms with Crippen LogP contribution in [0.25, 0.3) is 0 Å². The average molecular weight is 153 g/mol. The summed E-state index contributed by atoms with van der Waals surface area (Å²) in [6, 6.07) is 1.96. The predicted molar refractivity (Wildman–Crippen MR) is 39.4 cm³/mol. The minimum atomic E-state index is -0.595. The maximum absolute atomic E-state index is 10.3. The molecule has 4 nitrogen and oxygen atoms in total. The second-order valence-electron chi connectivity index (χ2n) is 2.65. The van der Waals surface area contributed by atoms with Crippen molar-refractivity contribution in [1.82, 2.24) is 4.90 Å². The van der Waals surface area contributed by atoms with Gasteiger partial charge in [0.15, 0.2) is 6.29 Å². The molecule has 0 aromatic heterocycles. The van der Waals surface area contributed by atoms with E-state index < -0.39 is 6.17 Å². The van der Waals surface area contributed by atoms with Crippen molar-refractivity contribution >= 4 is 6.29 Å². The van der Waals surface area contributed by atoms with Crippen LogP contribution in [0.3, 0.4) is 0 Å². The molecule has 0 aliphatic carbocycles. The normalized spacial score (nSPS) is 27.8. The van der Waals surface area contributed by atoms with Crippen molar-refractivity contribution < 1.29 is 4.79 Å². The van der Waals surface area contributed by atoms with Gasteiger partial charge < -0.3 is 10.5 Å². The number of likely N-dealkylation sites (tertiary alicyclic amines) is 1. The van der Waals surface area contributed by atoms with Crippen LogP contribution in [0.15, 0.2) is 0 Å². The lowest BCUT2D eigenvalue weighted by atomic mass is 10.2. The van der Waals surface area contributed by atoms with Crippen LogP contribution in [0.1, 0.15) is 12.8 Å². The van der Waals surface area contributed by atoms with E-state index in [0.29, 0.717) is 6.29 Å². The predicted octanol–water partition coefficient (Wildman–Crippen LogP) is -0.542. The summed E-state index contributed by atoms with van der Waals surface area (Å²) in [5, 5.41) is 8.62. The van der Waals surface area contributed by atoms with E-state index in [1.54, 1.807) is 4.90 Å². The van der Waals surface area contributed by atoms with Crippen LogP contribution in [-0.4, -0.2) is 29.9 Å². The monoisotopic (exact) mass is 153 g/mol. The number of aldehydes is 1. The van der Waals surface area contributed by atoms with E-state index in [4.69, 9.17) is 11.0 Å². The summed E-state index contributed by atoms with van der Waals surface area (Å²) < 4.78 is 0. The van der Waals surface area contributed by atoms with Gasteiger partial charge in [0, 0.05) is 6.54 Å². The summed E-state index contributed by atoms with van der Waals surface area (Å²) >= 11 is 0. The molecule has 1 unspecified atom stereocenters. The standard InChI is InChI=1S/C7H11N3O/c8-4-6-2-1-3-10(6)7(9)5-11/h5-7H,1-3,9H2/t6-,7?/m0/s1. The van der Waals surface area contributed by atoms with Crippen LogP contribution >= 0.6 is 0 Å². The quantitative estimate of drug-likeness (QED) is 0.541. The van der Waals surface area contributed by atoms with Crippen LogP contribution in [0, 0.1) is 11.3 Å². The Morgan fingerprint density at radius 1 is 1.82 bits per heavy atom. The van der Waals surface area contributed by atoms with Gasteiger partial charge in [0.05, 0.1) is 12.1 Å². The van der Waals surface area contributed by atoms with Gasteiger partial charge in [0.25, 0.3) is 0 Å². The Morgan fingerprint density at radius 3 is 3.09 bits per heavy atom. The van der Waals surface area contributed by atoms with Gasteiger partial charge in [-0.15, -0.1) is 0 Å². The van der Waals surface area contributed by atoms with Crippen LogP contribution < -0.4 is 5.73 Å². The largest absolute Gasteiger partial charge is 0.310 e. The maximum Gasteiger partial charge on any atom is 0.151 e. The zero-order valence-corrected chi connectivity index (χ0v) is 6.23. The lowest BCUT2D eigenvalue weighted by Gasteiger charge is -2.21. The van der Waals surface area contributed by atoms with Crippen molar-refractivity contribution in [2.45, 2.75) is 25.0 Å². The molecule has 2 N–H and O–H groups in total. The summed E-state index contributed by atoms with van der Waals surface area (Å²) in [6.07, 6.45) is 1.87. The Kier molecular flexibility index (Phi) is 2.58. The van der Waals surface area contributed by atoms with Crippen LogP contribution in [0.2, 0.25) is 0 Å². The molecule has 11 heavy (non-hydrogen) atoms. The van der Waals surface area contributed by atoms with Crippen molar-refractivity contribution in [3.8, 4) is 6.07 Å². The highest BCUT2D eigenvalue weighted by atomic mass is 16.1. The van der Waals surface area contributed by atoms with Crippen LogP contribution in [-0.2, 0) is 4.79 Å². The molecule has 0 aromatic carbocycles. The first kappa shape index (κ1) is 8.18. The molecule has 60 valence electrons. The van der Waals surface area contributed by atoms with E-state index in [0.717, 1.165) is 19.4 Å². The van der Waals surface area contributed by atoms with E-state index in [-0.39, 0.29) is 6.04 Å². The third-order valence-electron chi connectivity index (χ3n) is 1.97. The topological polar surface area (TPSA) is 70.1 Å². The smallest absolute Gasteiger partial charge is 0.151 e. The molecule has 1 saturated heterocycles. The van der Waals surface area contributed by atoms with E-state index in [1.807, 2.05) is 0 Å². The fourth-order valence-electron chi connectivity index (χ4n) is 1.36. The van der Waals surface area contributed by atoms with Gasteiger partial charge >= 0.3 is 0 Å². The fraction of sp³-hybridized carbons (Fsp3) is 0.714. The number of nitriles is 1. The zero-order chi connectivity index (χ0) is 8.27. The average Bonchev–Trinajstić information content (AvgIpc) is 2.50. The fourth-order valence-corrected chi connectivity index (χ4v) is 1.36. The number of nitrogens with zero attached hydrogens (tertiary/aromatic N) is 2.